The first-order valence-corrected chi connectivity index (χ1v) is 10.3. The molecular formula is C21H24BrNO2S. The quantitative estimate of drug-likeness (QED) is 0.553. The number of halogens is 1. The third kappa shape index (κ3) is 4.77. The summed E-state index contributed by atoms with van der Waals surface area (Å²) in [4.78, 5) is 3.17. The standard InChI is InChI=1S/C21H24BrNO2S/c1-2-24-19-13-17(21(26)23-11-7-4-8-12-23)18(22)14-20(19)25-15-16-9-5-3-6-10-16/h3,5-6,9-10,13-14H,2,4,7-8,11-12,15H2,1H3. The molecule has 1 aliphatic heterocycles. The van der Waals surface area contributed by atoms with Crippen molar-refractivity contribution in [2.45, 2.75) is 32.8 Å². The van der Waals surface area contributed by atoms with Gasteiger partial charge in [0.25, 0.3) is 0 Å². The molecule has 0 amide bonds. The summed E-state index contributed by atoms with van der Waals surface area (Å²) >= 11 is 9.43. The molecule has 0 unspecified atom stereocenters. The predicted octanol–water partition coefficient (Wildman–Crippen LogP) is 5.59. The summed E-state index contributed by atoms with van der Waals surface area (Å²) in [7, 11) is 0. The highest BCUT2D eigenvalue weighted by molar-refractivity contribution is 9.10. The molecule has 1 aliphatic rings. The number of hydrogen-bond donors (Lipinski definition) is 0. The molecule has 26 heavy (non-hydrogen) atoms. The van der Waals surface area contributed by atoms with Crippen LogP contribution in [0.25, 0.3) is 0 Å². The maximum absolute atomic E-state index is 6.02. The largest absolute Gasteiger partial charge is 0.490 e. The average molecular weight is 434 g/mol. The minimum absolute atomic E-state index is 0.503. The third-order valence-electron chi connectivity index (χ3n) is 4.44. The SMILES string of the molecule is CCOc1cc(C(=S)N2CCCCC2)c(Br)cc1OCc1ccccc1. The Labute approximate surface area is 169 Å². The van der Waals surface area contributed by atoms with E-state index in [1.807, 2.05) is 37.3 Å². The van der Waals surface area contributed by atoms with Crippen molar-refractivity contribution in [1.29, 1.82) is 0 Å². The Hall–Kier alpha value is -1.59. The molecular weight excluding hydrogens is 410 g/mol. The molecule has 138 valence electrons. The topological polar surface area (TPSA) is 21.7 Å². The van der Waals surface area contributed by atoms with Gasteiger partial charge in [0.2, 0.25) is 0 Å². The van der Waals surface area contributed by atoms with Gasteiger partial charge in [0.15, 0.2) is 11.5 Å². The fraction of sp³-hybridized carbons (Fsp3) is 0.381. The highest BCUT2D eigenvalue weighted by Crippen LogP contribution is 2.35. The van der Waals surface area contributed by atoms with E-state index in [4.69, 9.17) is 21.7 Å². The molecule has 0 bridgehead atoms. The van der Waals surface area contributed by atoms with Crippen LogP contribution in [0.1, 0.15) is 37.3 Å². The van der Waals surface area contributed by atoms with Gasteiger partial charge in [-0.25, -0.2) is 0 Å². The molecule has 3 nitrogen and oxygen atoms in total. The number of nitrogens with zero attached hydrogens (tertiary/aromatic N) is 1. The van der Waals surface area contributed by atoms with E-state index in [0.717, 1.165) is 45.2 Å². The molecule has 2 aromatic rings. The molecule has 1 fully saturated rings. The second-order valence-electron chi connectivity index (χ2n) is 6.34. The number of benzene rings is 2. The van der Waals surface area contributed by atoms with E-state index in [1.54, 1.807) is 0 Å². The van der Waals surface area contributed by atoms with Crippen molar-refractivity contribution >= 4 is 33.1 Å². The van der Waals surface area contributed by atoms with Gasteiger partial charge in [-0.2, -0.15) is 0 Å². The van der Waals surface area contributed by atoms with E-state index >= 15 is 0 Å². The van der Waals surface area contributed by atoms with Crippen molar-refractivity contribution in [1.82, 2.24) is 4.90 Å². The van der Waals surface area contributed by atoms with E-state index < -0.39 is 0 Å². The lowest BCUT2D eigenvalue weighted by Gasteiger charge is -2.30. The summed E-state index contributed by atoms with van der Waals surface area (Å²) in [5, 5.41) is 0. The molecule has 2 aromatic carbocycles. The summed E-state index contributed by atoms with van der Waals surface area (Å²) in [5.74, 6) is 1.47. The third-order valence-corrected chi connectivity index (χ3v) is 5.58. The first kappa shape index (κ1) is 19.2. The van der Waals surface area contributed by atoms with Crippen molar-refractivity contribution < 1.29 is 9.47 Å². The van der Waals surface area contributed by atoms with Crippen LogP contribution in [0.3, 0.4) is 0 Å². The van der Waals surface area contributed by atoms with Crippen LogP contribution in [0.15, 0.2) is 46.9 Å². The molecule has 0 N–H and O–H groups in total. The van der Waals surface area contributed by atoms with E-state index in [2.05, 4.69) is 33.0 Å². The van der Waals surface area contributed by atoms with Gasteiger partial charge >= 0.3 is 0 Å². The van der Waals surface area contributed by atoms with Gasteiger partial charge in [-0.3, -0.25) is 0 Å². The lowest BCUT2D eigenvalue weighted by atomic mass is 10.1. The molecule has 5 heteroatoms. The molecule has 0 saturated carbocycles. The second kappa shape index (κ2) is 9.38. The zero-order chi connectivity index (χ0) is 18.4. The first-order chi connectivity index (χ1) is 12.7. The zero-order valence-electron chi connectivity index (χ0n) is 15.0. The Morgan fingerprint density at radius 2 is 1.73 bits per heavy atom. The van der Waals surface area contributed by atoms with Gasteiger partial charge in [0.1, 0.15) is 11.6 Å². The Balaban J connectivity index is 1.81. The summed E-state index contributed by atoms with van der Waals surface area (Å²) in [6.45, 7) is 5.12. The Morgan fingerprint density at radius 1 is 1.04 bits per heavy atom. The minimum atomic E-state index is 0.503. The van der Waals surface area contributed by atoms with Gasteiger partial charge < -0.3 is 14.4 Å². The first-order valence-electron chi connectivity index (χ1n) is 9.11. The van der Waals surface area contributed by atoms with Crippen LogP contribution in [-0.4, -0.2) is 29.6 Å². The number of hydrogen-bond acceptors (Lipinski definition) is 3. The summed E-state index contributed by atoms with van der Waals surface area (Å²) in [6.07, 6.45) is 3.69. The molecule has 0 aromatic heterocycles. The fourth-order valence-electron chi connectivity index (χ4n) is 3.08. The van der Waals surface area contributed by atoms with Gasteiger partial charge in [0, 0.05) is 23.1 Å². The smallest absolute Gasteiger partial charge is 0.162 e. The van der Waals surface area contributed by atoms with Crippen molar-refractivity contribution in [3.63, 3.8) is 0 Å². The molecule has 0 aliphatic carbocycles. The number of thiocarbonyl (C=S) groups is 1. The van der Waals surface area contributed by atoms with Crippen LogP contribution in [-0.2, 0) is 6.61 Å². The Morgan fingerprint density at radius 3 is 2.42 bits per heavy atom. The van der Waals surface area contributed by atoms with E-state index in [-0.39, 0.29) is 0 Å². The molecule has 0 radical (unpaired) electrons. The van der Waals surface area contributed by atoms with Crippen molar-refractivity contribution in [3.05, 3.63) is 58.1 Å². The molecule has 1 heterocycles. The van der Waals surface area contributed by atoms with Crippen LogP contribution in [0.2, 0.25) is 0 Å². The second-order valence-corrected chi connectivity index (χ2v) is 7.58. The Bertz CT molecular complexity index is 745. The number of rotatable bonds is 6. The predicted molar refractivity (Wildman–Crippen MR) is 113 cm³/mol. The highest BCUT2D eigenvalue weighted by atomic mass is 79.9. The normalized spacial score (nSPS) is 14.2. The van der Waals surface area contributed by atoms with Crippen LogP contribution in [0.5, 0.6) is 11.5 Å². The summed E-state index contributed by atoms with van der Waals surface area (Å²) in [6, 6.07) is 14.1. The van der Waals surface area contributed by atoms with Gasteiger partial charge in [-0.15, -0.1) is 0 Å². The number of likely N-dealkylation sites (tertiary alicyclic amines) is 1. The van der Waals surface area contributed by atoms with Crippen LogP contribution < -0.4 is 9.47 Å². The van der Waals surface area contributed by atoms with Crippen molar-refractivity contribution in [3.8, 4) is 11.5 Å². The maximum atomic E-state index is 6.02. The molecule has 3 rings (SSSR count). The molecule has 1 saturated heterocycles. The van der Waals surface area contributed by atoms with E-state index in [9.17, 15) is 0 Å². The van der Waals surface area contributed by atoms with E-state index in [0.29, 0.717) is 13.2 Å². The van der Waals surface area contributed by atoms with Crippen LogP contribution in [0, 0.1) is 0 Å². The van der Waals surface area contributed by atoms with Crippen LogP contribution in [0.4, 0.5) is 0 Å². The van der Waals surface area contributed by atoms with Gasteiger partial charge in [-0.1, -0.05) is 42.5 Å². The monoisotopic (exact) mass is 433 g/mol. The van der Waals surface area contributed by atoms with Crippen molar-refractivity contribution in [2.24, 2.45) is 0 Å². The van der Waals surface area contributed by atoms with Crippen molar-refractivity contribution in [2.75, 3.05) is 19.7 Å². The number of ether oxygens (including phenoxy) is 2. The van der Waals surface area contributed by atoms with Gasteiger partial charge in [-0.05, 0) is 59.8 Å². The minimum Gasteiger partial charge on any atom is -0.490 e. The van der Waals surface area contributed by atoms with Gasteiger partial charge in [0.05, 0.1) is 6.61 Å². The van der Waals surface area contributed by atoms with E-state index in [1.165, 1.54) is 19.3 Å². The summed E-state index contributed by atoms with van der Waals surface area (Å²) in [5.41, 5.74) is 2.12. The Kier molecular flexibility index (Phi) is 6.92. The summed E-state index contributed by atoms with van der Waals surface area (Å²) < 4.78 is 12.8. The molecule has 0 spiro atoms. The highest BCUT2D eigenvalue weighted by Gasteiger charge is 2.20. The fourth-order valence-corrected chi connectivity index (χ4v) is 4.08. The van der Waals surface area contributed by atoms with Crippen LogP contribution >= 0.6 is 28.1 Å². The lowest BCUT2D eigenvalue weighted by Crippen LogP contribution is -2.35. The lowest BCUT2D eigenvalue weighted by molar-refractivity contribution is 0.269. The maximum Gasteiger partial charge on any atom is 0.162 e. The molecule has 0 atom stereocenters. The zero-order valence-corrected chi connectivity index (χ0v) is 17.4. The average Bonchev–Trinajstić information content (AvgIpc) is 2.69. The number of piperidine rings is 1.